The van der Waals surface area contributed by atoms with Crippen LogP contribution in [0.15, 0.2) is 16.5 Å². The molecule has 2 unspecified atom stereocenters. The molecule has 2 N–H and O–H groups in total. The van der Waals surface area contributed by atoms with E-state index in [9.17, 15) is 4.79 Å². The van der Waals surface area contributed by atoms with Gasteiger partial charge in [0.1, 0.15) is 0 Å². The van der Waals surface area contributed by atoms with E-state index >= 15 is 0 Å². The van der Waals surface area contributed by atoms with Crippen LogP contribution in [0.2, 0.25) is 0 Å². The van der Waals surface area contributed by atoms with Crippen LogP contribution in [0, 0.1) is 11.8 Å². The molecule has 2 rings (SSSR count). The SMILES string of the molecule is CC1CC1CNc1ccc(C(=O)O)o1. The Labute approximate surface area is 81.9 Å². The molecule has 4 heteroatoms. The number of carboxylic acid groups (broad SMARTS) is 1. The highest BCUT2D eigenvalue weighted by atomic mass is 16.4. The van der Waals surface area contributed by atoms with E-state index in [1.54, 1.807) is 6.07 Å². The molecule has 0 bridgehead atoms. The van der Waals surface area contributed by atoms with Gasteiger partial charge in [0.25, 0.3) is 0 Å². The molecular formula is C10H13NO3. The Balaban J connectivity index is 1.87. The summed E-state index contributed by atoms with van der Waals surface area (Å²) >= 11 is 0. The average molecular weight is 195 g/mol. The highest BCUT2D eigenvalue weighted by molar-refractivity contribution is 5.84. The molecule has 0 aliphatic heterocycles. The first-order valence-corrected chi connectivity index (χ1v) is 4.74. The predicted molar refractivity (Wildman–Crippen MR) is 51.4 cm³/mol. The van der Waals surface area contributed by atoms with Crippen molar-refractivity contribution < 1.29 is 14.3 Å². The Morgan fingerprint density at radius 1 is 1.71 bits per heavy atom. The topological polar surface area (TPSA) is 62.5 Å². The number of furan rings is 1. The molecule has 4 nitrogen and oxygen atoms in total. The second kappa shape index (κ2) is 3.36. The van der Waals surface area contributed by atoms with Crippen LogP contribution in [-0.2, 0) is 0 Å². The predicted octanol–water partition coefficient (Wildman–Crippen LogP) is 2.05. The molecular weight excluding hydrogens is 182 g/mol. The first-order valence-electron chi connectivity index (χ1n) is 4.74. The minimum Gasteiger partial charge on any atom is -0.475 e. The molecule has 0 radical (unpaired) electrons. The maximum Gasteiger partial charge on any atom is 0.371 e. The third-order valence-corrected chi connectivity index (χ3v) is 2.63. The van der Waals surface area contributed by atoms with E-state index in [4.69, 9.17) is 9.52 Å². The van der Waals surface area contributed by atoms with Gasteiger partial charge in [-0.15, -0.1) is 0 Å². The van der Waals surface area contributed by atoms with E-state index in [1.807, 2.05) is 0 Å². The van der Waals surface area contributed by atoms with E-state index < -0.39 is 5.97 Å². The minimum atomic E-state index is -1.03. The van der Waals surface area contributed by atoms with Crippen molar-refractivity contribution >= 4 is 11.9 Å². The Hall–Kier alpha value is -1.45. The summed E-state index contributed by atoms with van der Waals surface area (Å²) in [5.74, 6) is 1.00. The summed E-state index contributed by atoms with van der Waals surface area (Å²) in [5.41, 5.74) is 0. The standard InChI is InChI=1S/C10H13NO3/c1-6-4-7(6)5-11-9-3-2-8(14-9)10(12)13/h2-3,6-7,11H,4-5H2,1H3,(H,12,13). The van der Waals surface area contributed by atoms with Crippen molar-refractivity contribution in [3.05, 3.63) is 17.9 Å². The number of rotatable bonds is 4. The van der Waals surface area contributed by atoms with Gasteiger partial charge in [0.15, 0.2) is 5.88 Å². The zero-order chi connectivity index (χ0) is 10.1. The average Bonchev–Trinajstić information content (AvgIpc) is 2.68. The summed E-state index contributed by atoms with van der Waals surface area (Å²) in [4.78, 5) is 10.5. The van der Waals surface area contributed by atoms with Crippen LogP contribution in [0.3, 0.4) is 0 Å². The molecule has 2 atom stereocenters. The van der Waals surface area contributed by atoms with Gasteiger partial charge in [-0.05, 0) is 24.3 Å². The Morgan fingerprint density at radius 3 is 2.93 bits per heavy atom. The third-order valence-electron chi connectivity index (χ3n) is 2.63. The summed E-state index contributed by atoms with van der Waals surface area (Å²) in [7, 11) is 0. The van der Waals surface area contributed by atoms with Crippen molar-refractivity contribution in [3.63, 3.8) is 0 Å². The van der Waals surface area contributed by atoms with Crippen LogP contribution in [0.1, 0.15) is 23.9 Å². The van der Waals surface area contributed by atoms with Gasteiger partial charge < -0.3 is 14.8 Å². The lowest BCUT2D eigenvalue weighted by Gasteiger charge is -1.99. The molecule has 1 fully saturated rings. The van der Waals surface area contributed by atoms with Crippen LogP contribution in [0.25, 0.3) is 0 Å². The molecule has 76 valence electrons. The smallest absolute Gasteiger partial charge is 0.371 e. The highest BCUT2D eigenvalue weighted by Gasteiger charge is 2.32. The second-order valence-electron chi connectivity index (χ2n) is 3.82. The third kappa shape index (κ3) is 1.89. The zero-order valence-electron chi connectivity index (χ0n) is 7.99. The zero-order valence-corrected chi connectivity index (χ0v) is 7.99. The van der Waals surface area contributed by atoms with Crippen molar-refractivity contribution in [1.82, 2.24) is 0 Å². The quantitative estimate of drug-likeness (QED) is 0.771. The van der Waals surface area contributed by atoms with Gasteiger partial charge in [-0.2, -0.15) is 0 Å². The lowest BCUT2D eigenvalue weighted by Crippen LogP contribution is -2.03. The molecule has 1 aliphatic rings. The molecule has 1 aliphatic carbocycles. The Morgan fingerprint density at radius 2 is 2.43 bits per heavy atom. The summed E-state index contributed by atoms with van der Waals surface area (Å²) in [6, 6.07) is 3.11. The first-order chi connectivity index (χ1) is 6.66. The number of carboxylic acids is 1. The Bertz CT molecular complexity index is 345. The molecule has 1 saturated carbocycles. The fraction of sp³-hybridized carbons (Fsp3) is 0.500. The highest BCUT2D eigenvalue weighted by Crippen LogP contribution is 2.37. The number of nitrogens with one attached hydrogen (secondary N) is 1. The van der Waals surface area contributed by atoms with Crippen LogP contribution in [0.4, 0.5) is 5.88 Å². The van der Waals surface area contributed by atoms with Crippen molar-refractivity contribution in [3.8, 4) is 0 Å². The maximum atomic E-state index is 10.5. The molecule has 1 aromatic rings. The molecule has 0 aromatic carbocycles. The van der Waals surface area contributed by atoms with Crippen molar-refractivity contribution in [2.45, 2.75) is 13.3 Å². The molecule has 1 heterocycles. The lowest BCUT2D eigenvalue weighted by atomic mass is 10.3. The van der Waals surface area contributed by atoms with Crippen LogP contribution in [-0.4, -0.2) is 17.6 Å². The number of aromatic carboxylic acids is 1. The van der Waals surface area contributed by atoms with Crippen LogP contribution >= 0.6 is 0 Å². The molecule has 14 heavy (non-hydrogen) atoms. The van der Waals surface area contributed by atoms with Crippen molar-refractivity contribution in [2.24, 2.45) is 11.8 Å². The van der Waals surface area contributed by atoms with Crippen molar-refractivity contribution in [2.75, 3.05) is 11.9 Å². The van der Waals surface area contributed by atoms with Gasteiger partial charge in [-0.1, -0.05) is 6.92 Å². The van der Waals surface area contributed by atoms with Gasteiger partial charge >= 0.3 is 5.97 Å². The summed E-state index contributed by atoms with van der Waals surface area (Å²) < 4.78 is 5.05. The van der Waals surface area contributed by atoms with Gasteiger partial charge in [-0.25, -0.2) is 4.79 Å². The maximum absolute atomic E-state index is 10.5. The second-order valence-corrected chi connectivity index (χ2v) is 3.82. The number of carbonyl (C=O) groups is 1. The number of hydrogen-bond donors (Lipinski definition) is 2. The van der Waals surface area contributed by atoms with Crippen LogP contribution < -0.4 is 5.32 Å². The molecule has 0 spiro atoms. The van der Waals surface area contributed by atoms with E-state index in [0.717, 1.165) is 12.5 Å². The molecule has 0 amide bonds. The van der Waals surface area contributed by atoms with Gasteiger partial charge in [0, 0.05) is 12.6 Å². The fourth-order valence-corrected chi connectivity index (χ4v) is 1.46. The van der Waals surface area contributed by atoms with E-state index in [2.05, 4.69) is 12.2 Å². The lowest BCUT2D eigenvalue weighted by molar-refractivity contribution is 0.0663. The molecule has 0 saturated heterocycles. The van der Waals surface area contributed by atoms with Crippen molar-refractivity contribution in [1.29, 1.82) is 0 Å². The number of hydrogen-bond acceptors (Lipinski definition) is 3. The van der Waals surface area contributed by atoms with E-state index in [-0.39, 0.29) is 5.76 Å². The van der Waals surface area contributed by atoms with Gasteiger partial charge in [0.2, 0.25) is 5.76 Å². The molecule has 1 aromatic heterocycles. The monoisotopic (exact) mass is 195 g/mol. The Kier molecular flexibility index (Phi) is 2.19. The first kappa shape index (κ1) is 9.12. The summed E-state index contributed by atoms with van der Waals surface area (Å²) in [5, 5.41) is 11.7. The fourth-order valence-electron chi connectivity index (χ4n) is 1.46. The normalized spacial score (nSPS) is 24.6. The van der Waals surface area contributed by atoms with Crippen LogP contribution in [0.5, 0.6) is 0 Å². The summed E-state index contributed by atoms with van der Waals surface area (Å²) in [6.45, 7) is 3.07. The van der Waals surface area contributed by atoms with E-state index in [0.29, 0.717) is 11.8 Å². The van der Waals surface area contributed by atoms with E-state index in [1.165, 1.54) is 12.5 Å². The van der Waals surface area contributed by atoms with Gasteiger partial charge in [0.05, 0.1) is 0 Å². The van der Waals surface area contributed by atoms with Gasteiger partial charge in [-0.3, -0.25) is 0 Å². The number of anilines is 1. The largest absolute Gasteiger partial charge is 0.475 e. The minimum absolute atomic E-state index is 0.0173. The summed E-state index contributed by atoms with van der Waals surface area (Å²) in [6.07, 6.45) is 1.25.